The Kier molecular flexibility index (Phi) is 6.19. The van der Waals surface area contributed by atoms with E-state index in [1.54, 1.807) is 54.6 Å². The summed E-state index contributed by atoms with van der Waals surface area (Å²) in [6.07, 6.45) is -1.23. The summed E-state index contributed by atoms with van der Waals surface area (Å²) >= 11 is 5.93. The van der Waals surface area contributed by atoms with Crippen molar-refractivity contribution in [3.8, 4) is 5.69 Å². The summed E-state index contributed by atoms with van der Waals surface area (Å²) in [4.78, 5) is 38.4. The van der Waals surface area contributed by atoms with E-state index < -0.39 is 29.4 Å². The lowest BCUT2D eigenvalue weighted by Gasteiger charge is -2.15. The number of para-hydroxylation sites is 1. The quantitative estimate of drug-likeness (QED) is 0.442. The third-order valence-electron chi connectivity index (χ3n) is 4.84. The zero-order valence-electron chi connectivity index (χ0n) is 17.3. The highest BCUT2D eigenvalue weighted by Crippen LogP contribution is 2.23. The first-order valence-electron chi connectivity index (χ1n) is 9.89. The van der Waals surface area contributed by atoms with Crippen LogP contribution in [-0.2, 0) is 9.53 Å². The van der Waals surface area contributed by atoms with Gasteiger partial charge in [0, 0.05) is 5.39 Å². The van der Waals surface area contributed by atoms with Gasteiger partial charge in [0.15, 0.2) is 11.8 Å². The Morgan fingerprint density at radius 3 is 2.39 bits per heavy atom. The molecule has 0 spiro atoms. The molecule has 0 saturated carbocycles. The van der Waals surface area contributed by atoms with Crippen molar-refractivity contribution in [2.75, 3.05) is 5.32 Å². The molecule has 0 fully saturated rings. The Morgan fingerprint density at radius 2 is 1.70 bits per heavy atom. The molecule has 7 nitrogen and oxygen atoms in total. The Bertz CT molecular complexity index is 1420. The Morgan fingerprint density at radius 1 is 1.03 bits per heavy atom. The number of amides is 1. The van der Waals surface area contributed by atoms with Crippen LogP contribution < -0.4 is 10.9 Å². The van der Waals surface area contributed by atoms with Crippen LogP contribution in [0, 0.1) is 5.82 Å². The van der Waals surface area contributed by atoms with Crippen molar-refractivity contribution in [1.82, 2.24) is 9.78 Å². The van der Waals surface area contributed by atoms with Crippen LogP contribution in [0.2, 0.25) is 5.02 Å². The average Bonchev–Trinajstić information content (AvgIpc) is 2.81. The Hall–Kier alpha value is -4.04. The van der Waals surface area contributed by atoms with Crippen LogP contribution in [0.5, 0.6) is 0 Å². The molecule has 1 aromatic heterocycles. The van der Waals surface area contributed by atoms with Gasteiger partial charge >= 0.3 is 5.97 Å². The minimum absolute atomic E-state index is 0.00414. The molecule has 33 heavy (non-hydrogen) atoms. The maximum absolute atomic E-state index is 13.2. The number of aromatic nitrogens is 2. The molecule has 9 heteroatoms. The fourth-order valence-corrected chi connectivity index (χ4v) is 3.39. The Balaban J connectivity index is 1.64. The number of benzene rings is 3. The summed E-state index contributed by atoms with van der Waals surface area (Å²) in [6, 6.07) is 18.6. The second-order valence-electron chi connectivity index (χ2n) is 7.11. The fraction of sp³-hybridized carbons (Fsp3) is 0.0833. The Labute approximate surface area is 192 Å². The number of nitrogens with one attached hydrogen (secondary N) is 1. The van der Waals surface area contributed by atoms with Crippen molar-refractivity contribution < 1.29 is 18.7 Å². The van der Waals surface area contributed by atoms with Gasteiger partial charge in [-0.15, -0.1) is 0 Å². The highest BCUT2D eigenvalue weighted by Gasteiger charge is 2.24. The minimum Gasteiger partial charge on any atom is -0.448 e. The smallest absolute Gasteiger partial charge is 0.360 e. The van der Waals surface area contributed by atoms with Crippen molar-refractivity contribution in [3.63, 3.8) is 0 Å². The second-order valence-corrected chi connectivity index (χ2v) is 7.51. The summed E-state index contributed by atoms with van der Waals surface area (Å²) < 4.78 is 19.7. The van der Waals surface area contributed by atoms with Crippen LogP contribution >= 0.6 is 11.6 Å². The molecular weight excluding hydrogens is 449 g/mol. The zero-order chi connectivity index (χ0) is 23.5. The SMILES string of the molecule is CC(OC(=O)c1nn(-c2ccccc2)c(=O)c2ccccc12)C(=O)Nc1ccc(F)cc1Cl. The summed E-state index contributed by atoms with van der Waals surface area (Å²) in [7, 11) is 0. The van der Waals surface area contributed by atoms with Gasteiger partial charge in [-0.05, 0) is 43.3 Å². The van der Waals surface area contributed by atoms with Gasteiger partial charge in [0.1, 0.15) is 5.82 Å². The van der Waals surface area contributed by atoms with Crippen LogP contribution in [0.4, 0.5) is 10.1 Å². The maximum atomic E-state index is 13.2. The molecule has 0 aliphatic rings. The van der Waals surface area contributed by atoms with Gasteiger partial charge in [0.05, 0.1) is 21.8 Å². The molecule has 4 rings (SSSR count). The number of rotatable bonds is 5. The van der Waals surface area contributed by atoms with E-state index in [0.29, 0.717) is 11.1 Å². The number of carbonyl (C=O) groups excluding carboxylic acids is 2. The third kappa shape index (κ3) is 4.61. The van der Waals surface area contributed by atoms with Crippen LogP contribution in [0.15, 0.2) is 77.6 Å². The lowest BCUT2D eigenvalue weighted by atomic mass is 10.1. The predicted octanol–water partition coefficient (Wildman–Crippen LogP) is 4.36. The molecule has 1 heterocycles. The molecule has 3 aromatic carbocycles. The van der Waals surface area contributed by atoms with E-state index in [2.05, 4.69) is 10.4 Å². The molecule has 1 amide bonds. The molecule has 1 unspecified atom stereocenters. The van der Waals surface area contributed by atoms with Gasteiger partial charge in [-0.3, -0.25) is 9.59 Å². The molecule has 0 saturated heterocycles. The number of fused-ring (bicyclic) bond motifs is 1. The van der Waals surface area contributed by atoms with Crippen molar-refractivity contribution in [2.24, 2.45) is 0 Å². The van der Waals surface area contributed by atoms with Gasteiger partial charge in [0.2, 0.25) is 0 Å². The second kappa shape index (κ2) is 9.22. The van der Waals surface area contributed by atoms with E-state index in [0.717, 1.165) is 16.8 Å². The van der Waals surface area contributed by atoms with Crippen molar-refractivity contribution >= 4 is 39.9 Å². The molecule has 166 valence electrons. The van der Waals surface area contributed by atoms with Crippen LogP contribution in [0.3, 0.4) is 0 Å². The molecule has 1 atom stereocenters. The number of hydrogen-bond donors (Lipinski definition) is 1. The van der Waals surface area contributed by atoms with Gasteiger partial charge in [0.25, 0.3) is 11.5 Å². The van der Waals surface area contributed by atoms with E-state index >= 15 is 0 Å². The normalized spacial score (nSPS) is 11.7. The molecule has 0 bridgehead atoms. The van der Waals surface area contributed by atoms with E-state index in [-0.39, 0.29) is 21.8 Å². The predicted molar refractivity (Wildman–Crippen MR) is 122 cm³/mol. The molecule has 0 radical (unpaired) electrons. The van der Waals surface area contributed by atoms with Gasteiger partial charge in [-0.25, -0.2) is 9.18 Å². The number of halogens is 2. The fourth-order valence-electron chi connectivity index (χ4n) is 3.18. The van der Waals surface area contributed by atoms with Crippen molar-refractivity contribution in [2.45, 2.75) is 13.0 Å². The lowest BCUT2D eigenvalue weighted by molar-refractivity contribution is -0.123. The average molecular weight is 466 g/mol. The number of hydrogen-bond acceptors (Lipinski definition) is 5. The van der Waals surface area contributed by atoms with Gasteiger partial charge in [-0.2, -0.15) is 9.78 Å². The number of anilines is 1. The standard InChI is InChI=1S/C24H17ClFN3O4/c1-14(22(30)27-20-12-11-15(26)13-19(20)25)33-24(32)21-17-9-5-6-10-18(17)23(31)29(28-21)16-7-3-2-4-8-16/h2-14H,1H3,(H,27,30). The zero-order valence-corrected chi connectivity index (χ0v) is 18.0. The molecule has 0 aliphatic heterocycles. The minimum atomic E-state index is -1.23. The monoisotopic (exact) mass is 465 g/mol. The number of ether oxygens (including phenoxy) is 1. The summed E-state index contributed by atoms with van der Waals surface area (Å²) in [5.74, 6) is -2.11. The van der Waals surface area contributed by atoms with Gasteiger partial charge in [-0.1, -0.05) is 48.0 Å². The summed E-state index contributed by atoms with van der Waals surface area (Å²) in [6.45, 7) is 1.38. The van der Waals surface area contributed by atoms with Crippen LogP contribution in [0.25, 0.3) is 16.5 Å². The summed E-state index contributed by atoms with van der Waals surface area (Å²) in [5, 5.41) is 7.29. The van der Waals surface area contributed by atoms with Crippen molar-refractivity contribution in [1.29, 1.82) is 0 Å². The van der Waals surface area contributed by atoms with Gasteiger partial charge < -0.3 is 10.1 Å². The first kappa shape index (κ1) is 22.2. The first-order valence-corrected chi connectivity index (χ1v) is 10.3. The number of esters is 1. The molecule has 1 N–H and O–H groups in total. The van der Waals surface area contributed by atoms with E-state index in [1.807, 2.05) is 0 Å². The maximum Gasteiger partial charge on any atom is 0.360 e. The third-order valence-corrected chi connectivity index (χ3v) is 5.15. The molecule has 0 aliphatic carbocycles. The van der Waals surface area contributed by atoms with Crippen LogP contribution in [0.1, 0.15) is 17.4 Å². The highest BCUT2D eigenvalue weighted by atomic mass is 35.5. The highest BCUT2D eigenvalue weighted by molar-refractivity contribution is 6.33. The summed E-state index contributed by atoms with van der Waals surface area (Å²) in [5.41, 5.74) is 0.129. The lowest BCUT2D eigenvalue weighted by Crippen LogP contribution is -2.31. The first-order chi connectivity index (χ1) is 15.8. The van der Waals surface area contributed by atoms with E-state index in [9.17, 15) is 18.8 Å². The van der Waals surface area contributed by atoms with Crippen molar-refractivity contribution in [3.05, 3.63) is 99.7 Å². The number of carbonyl (C=O) groups is 2. The number of nitrogens with zero attached hydrogens (tertiary/aromatic N) is 2. The van der Waals surface area contributed by atoms with Crippen LogP contribution in [-0.4, -0.2) is 27.8 Å². The molecular formula is C24H17ClFN3O4. The largest absolute Gasteiger partial charge is 0.448 e. The van der Waals surface area contributed by atoms with E-state index in [1.165, 1.54) is 13.0 Å². The van der Waals surface area contributed by atoms with E-state index in [4.69, 9.17) is 16.3 Å². The molecule has 4 aromatic rings. The topological polar surface area (TPSA) is 90.3 Å².